The molecule has 0 amide bonds. The molecule has 0 unspecified atom stereocenters. The van der Waals surface area contributed by atoms with Crippen molar-refractivity contribution in [2.24, 2.45) is 5.41 Å². The normalized spacial score (nSPS) is 28.7. The summed E-state index contributed by atoms with van der Waals surface area (Å²) >= 11 is 0. The first kappa shape index (κ1) is 14.2. The van der Waals surface area contributed by atoms with Gasteiger partial charge in [0.15, 0.2) is 0 Å². The van der Waals surface area contributed by atoms with Crippen molar-refractivity contribution < 1.29 is 5.11 Å². The van der Waals surface area contributed by atoms with Crippen LogP contribution in [0.25, 0.3) is 11.8 Å². The Morgan fingerprint density at radius 3 is 3.00 bits per heavy atom. The fourth-order valence-corrected chi connectivity index (χ4v) is 4.24. The molecular weight excluding hydrogens is 286 g/mol. The van der Waals surface area contributed by atoms with Crippen molar-refractivity contribution in [3.8, 4) is 18.0 Å². The first-order chi connectivity index (χ1) is 11.1. The fraction of sp³-hybridized carbons (Fsp3) is 0.368. The molecular formula is C19H19N3O. The van der Waals surface area contributed by atoms with Crippen molar-refractivity contribution in [2.75, 3.05) is 0 Å². The van der Waals surface area contributed by atoms with Gasteiger partial charge in [0.05, 0.1) is 23.8 Å². The molecule has 4 heteroatoms. The number of pyridine rings is 1. The number of nitrogens with zero attached hydrogens (tertiary/aromatic N) is 3. The maximum atomic E-state index is 11.0. The van der Waals surface area contributed by atoms with Gasteiger partial charge in [-0.3, -0.25) is 4.98 Å². The van der Waals surface area contributed by atoms with Crippen LogP contribution in [0.4, 0.5) is 0 Å². The molecule has 0 aliphatic heterocycles. The third kappa shape index (κ3) is 1.77. The Morgan fingerprint density at radius 2 is 2.30 bits per heavy atom. The van der Waals surface area contributed by atoms with Gasteiger partial charge in [-0.1, -0.05) is 18.4 Å². The summed E-state index contributed by atoms with van der Waals surface area (Å²) in [6.07, 6.45) is 16.4. The van der Waals surface area contributed by atoms with E-state index in [1.165, 1.54) is 5.57 Å². The van der Waals surface area contributed by atoms with Crippen LogP contribution < -0.4 is 0 Å². The predicted molar refractivity (Wildman–Crippen MR) is 88.8 cm³/mol. The van der Waals surface area contributed by atoms with E-state index in [1.54, 1.807) is 12.4 Å². The maximum absolute atomic E-state index is 11.0. The van der Waals surface area contributed by atoms with E-state index < -0.39 is 5.60 Å². The van der Waals surface area contributed by atoms with E-state index >= 15 is 0 Å². The SMILES string of the molecule is C#C[C@]1(O)CCC2=Cc3c(cnn3-c3cccnc3)C[C@@]21CC. The summed E-state index contributed by atoms with van der Waals surface area (Å²) in [4.78, 5) is 4.17. The Bertz CT molecular complexity index is 830. The Morgan fingerprint density at radius 1 is 1.43 bits per heavy atom. The number of rotatable bonds is 2. The molecule has 116 valence electrons. The summed E-state index contributed by atoms with van der Waals surface area (Å²) in [6.45, 7) is 2.11. The molecule has 0 aromatic carbocycles. The maximum Gasteiger partial charge on any atom is 0.135 e. The number of terminal acetylenes is 1. The zero-order valence-electron chi connectivity index (χ0n) is 13.2. The van der Waals surface area contributed by atoms with Crippen molar-refractivity contribution in [3.63, 3.8) is 0 Å². The first-order valence-electron chi connectivity index (χ1n) is 8.02. The van der Waals surface area contributed by atoms with Gasteiger partial charge in [0.1, 0.15) is 5.60 Å². The first-order valence-corrected chi connectivity index (χ1v) is 8.02. The number of aliphatic hydroxyl groups is 1. The number of hydrogen-bond acceptors (Lipinski definition) is 3. The minimum Gasteiger partial charge on any atom is -0.377 e. The lowest BCUT2D eigenvalue weighted by molar-refractivity contribution is 0.00256. The summed E-state index contributed by atoms with van der Waals surface area (Å²) in [5, 5.41) is 15.5. The third-order valence-corrected chi connectivity index (χ3v) is 5.58. The van der Waals surface area contributed by atoms with E-state index in [9.17, 15) is 5.11 Å². The van der Waals surface area contributed by atoms with E-state index in [0.29, 0.717) is 6.42 Å². The summed E-state index contributed by atoms with van der Waals surface area (Å²) < 4.78 is 1.92. The quantitative estimate of drug-likeness (QED) is 0.868. The average molecular weight is 305 g/mol. The number of hydrogen-bond donors (Lipinski definition) is 1. The topological polar surface area (TPSA) is 50.9 Å². The van der Waals surface area contributed by atoms with Crippen LogP contribution in [0.15, 0.2) is 36.3 Å². The van der Waals surface area contributed by atoms with E-state index in [-0.39, 0.29) is 5.41 Å². The molecule has 1 N–H and O–H groups in total. The highest BCUT2D eigenvalue weighted by Gasteiger charge is 2.56. The minimum atomic E-state index is -1.05. The summed E-state index contributed by atoms with van der Waals surface area (Å²) in [5.41, 5.74) is 3.01. The van der Waals surface area contributed by atoms with Gasteiger partial charge in [-0.25, -0.2) is 4.68 Å². The summed E-state index contributed by atoms with van der Waals surface area (Å²) in [5.74, 6) is 2.68. The second kappa shape index (κ2) is 4.81. The fourth-order valence-electron chi connectivity index (χ4n) is 4.24. The zero-order chi connectivity index (χ0) is 16.1. The molecule has 2 aliphatic carbocycles. The molecule has 1 fully saturated rings. The second-order valence-electron chi connectivity index (χ2n) is 6.46. The molecule has 2 aromatic rings. The Hall–Kier alpha value is -2.38. The van der Waals surface area contributed by atoms with Gasteiger partial charge in [0.2, 0.25) is 0 Å². The molecule has 1 saturated carbocycles. The molecule has 4 rings (SSSR count). The standard InChI is InChI=1S/C19H19N3O/c1-3-18-11-14-12-21-22(16-6-5-9-20-13-16)17(14)10-15(18)7-8-19(18,23)4-2/h2,5-6,9-10,12-13,23H,3,7-8,11H2,1H3/t18-,19-/m0/s1. The lowest BCUT2D eigenvalue weighted by Gasteiger charge is -2.41. The van der Waals surface area contributed by atoms with Gasteiger partial charge in [-0.2, -0.15) is 5.10 Å². The molecule has 4 nitrogen and oxygen atoms in total. The minimum absolute atomic E-state index is 0.350. The van der Waals surface area contributed by atoms with Crippen LogP contribution in [0.2, 0.25) is 0 Å². The van der Waals surface area contributed by atoms with Gasteiger partial charge < -0.3 is 5.11 Å². The highest BCUT2D eigenvalue weighted by Crippen LogP contribution is 2.57. The van der Waals surface area contributed by atoms with E-state index in [0.717, 1.165) is 36.2 Å². The van der Waals surface area contributed by atoms with Crippen molar-refractivity contribution in [3.05, 3.63) is 47.6 Å². The van der Waals surface area contributed by atoms with E-state index in [4.69, 9.17) is 6.42 Å². The van der Waals surface area contributed by atoms with Gasteiger partial charge in [0, 0.05) is 11.6 Å². The molecule has 2 atom stereocenters. The number of fused-ring (bicyclic) bond motifs is 2. The molecule has 2 heterocycles. The van der Waals surface area contributed by atoms with Crippen LogP contribution in [0.5, 0.6) is 0 Å². The zero-order valence-corrected chi connectivity index (χ0v) is 13.2. The Balaban J connectivity index is 1.86. The molecule has 0 bridgehead atoms. The largest absolute Gasteiger partial charge is 0.377 e. The van der Waals surface area contributed by atoms with Gasteiger partial charge >= 0.3 is 0 Å². The van der Waals surface area contributed by atoms with Crippen LogP contribution in [0.3, 0.4) is 0 Å². The molecule has 2 aliphatic rings. The number of aromatic nitrogens is 3. The molecule has 2 aromatic heterocycles. The van der Waals surface area contributed by atoms with Gasteiger partial charge in [-0.05, 0) is 49.5 Å². The molecule has 0 saturated heterocycles. The van der Waals surface area contributed by atoms with Crippen LogP contribution >= 0.6 is 0 Å². The highest BCUT2D eigenvalue weighted by atomic mass is 16.3. The van der Waals surface area contributed by atoms with E-state index in [2.05, 4.69) is 29.0 Å². The van der Waals surface area contributed by atoms with Crippen LogP contribution in [-0.2, 0) is 6.42 Å². The lowest BCUT2D eigenvalue weighted by atomic mass is 9.64. The monoisotopic (exact) mass is 305 g/mol. The summed E-state index contributed by atoms with van der Waals surface area (Å²) in [7, 11) is 0. The average Bonchev–Trinajstić information content (AvgIpc) is 3.13. The smallest absolute Gasteiger partial charge is 0.135 e. The second-order valence-corrected chi connectivity index (χ2v) is 6.46. The highest BCUT2D eigenvalue weighted by molar-refractivity contribution is 5.63. The molecule has 0 spiro atoms. The lowest BCUT2D eigenvalue weighted by Crippen LogP contribution is -2.45. The molecule has 23 heavy (non-hydrogen) atoms. The van der Waals surface area contributed by atoms with Crippen LogP contribution in [-0.4, -0.2) is 25.5 Å². The van der Waals surface area contributed by atoms with E-state index in [1.807, 2.05) is 23.0 Å². The van der Waals surface area contributed by atoms with Crippen molar-refractivity contribution in [1.29, 1.82) is 0 Å². The third-order valence-electron chi connectivity index (χ3n) is 5.58. The van der Waals surface area contributed by atoms with Crippen LogP contribution in [0, 0.1) is 17.8 Å². The Kier molecular flexibility index (Phi) is 2.97. The van der Waals surface area contributed by atoms with Gasteiger partial charge in [-0.15, -0.1) is 6.42 Å². The predicted octanol–water partition coefficient (Wildman–Crippen LogP) is 2.76. The summed E-state index contributed by atoms with van der Waals surface area (Å²) in [6, 6.07) is 3.90. The van der Waals surface area contributed by atoms with Crippen LogP contribution in [0.1, 0.15) is 37.4 Å². The Labute approximate surface area is 135 Å². The van der Waals surface area contributed by atoms with Crippen molar-refractivity contribution in [2.45, 2.75) is 38.2 Å². The van der Waals surface area contributed by atoms with Crippen molar-refractivity contribution in [1.82, 2.24) is 14.8 Å². The molecule has 0 radical (unpaired) electrons. The van der Waals surface area contributed by atoms with Crippen molar-refractivity contribution >= 4 is 6.08 Å². The van der Waals surface area contributed by atoms with Gasteiger partial charge in [0.25, 0.3) is 0 Å².